The molecule has 0 saturated carbocycles. The number of rotatable bonds is 4. The van der Waals surface area contributed by atoms with Gasteiger partial charge in [-0.25, -0.2) is 4.39 Å². The summed E-state index contributed by atoms with van der Waals surface area (Å²) < 4.78 is 13.2. The number of aromatic nitrogens is 1. The number of benzene rings is 1. The van der Waals surface area contributed by atoms with E-state index in [2.05, 4.69) is 15.3 Å². The fraction of sp³-hybridized carbons (Fsp3) is 0.308. The number of halogens is 1. The van der Waals surface area contributed by atoms with Crippen molar-refractivity contribution in [3.63, 3.8) is 0 Å². The molecule has 0 fully saturated rings. The van der Waals surface area contributed by atoms with Gasteiger partial charge in [0.05, 0.1) is 0 Å². The average Bonchev–Trinajstić information content (AvgIpc) is 2.72. The lowest BCUT2D eigenvalue weighted by atomic mass is 10.1. The zero-order valence-electron chi connectivity index (χ0n) is 10.3. The van der Waals surface area contributed by atoms with Gasteiger partial charge in [-0.15, -0.1) is 0 Å². The molecule has 0 aliphatic carbocycles. The zero-order valence-corrected chi connectivity index (χ0v) is 10.3. The van der Waals surface area contributed by atoms with Crippen LogP contribution in [0.25, 0.3) is 10.9 Å². The van der Waals surface area contributed by atoms with E-state index in [-0.39, 0.29) is 5.82 Å². The Balaban J connectivity index is 2.08. The number of hydrogen-bond donors (Lipinski definition) is 3. The van der Waals surface area contributed by atoms with E-state index in [1.165, 1.54) is 6.07 Å². The minimum absolute atomic E-state index is 0.223. The normalized spacial score (nSPS) is 12.0. The molecule has 1 aromatic heterocycles. The van der Waals surface area contributed by atoms with Crippen molar-refractivity contribution in [1.82, 2.24) is 10.3 Å². The maximum Gasteiger partial charge on any atom is 0.188 e. The summed E-state index contributed by atoms with van der Waals surface area (Å²) in [7, 11) is 0. The van der Waals surface area contributed by atoms with Crippen LogP contribution in [0.3, 0.4) is 0 Å². The lowest BCUT2D eigenvalue weighted by Crippen LogP contribution is -2.31. The van der Waals surface area contributed by atoms with Gasteiger partial charge in [0, 0.05) is 30.2 Å². The highest BCUT2D eigenvalue weighted by atomic mass is 19.1. The highest BCUT2D eigenvalue weighted by Gasteiger charge is 2.04. The number of aliphatic imine (C=N–C) groups is 1. The first-order valence-corrected chi connectivity index (χ1v) is 6.00. The monoisotopic (exact) mass is 248 g/mol. The number of nitrogens with zero attached hydrogens (tertiary/aromatic N) is 1. The lowest BCUT2D eigenvalue weighted by molar-refractivity contribution is 0.629. The average molecular weight is 248 g/mol. The molecule has 0 unspecified atom stereocenters. The van der Waals surface area contributed by atoms with Crippen LogP contribution in [0.2, 0.25) is 0 Å². The summed E-state index contributed by atoms with van der Waals surface area (Å²) in [5.74, 6) is 0.225. The molecule has 0 atom stereocenters. The van der Waals surface area contributed by atoms with E-state index < -0.39 is 0 Å². The maximum absolute atomic E-state index is 13.2. The number of guanidine groups is 1. The van der Waals surface area contributed by atoms with Gasteiger partial charge in [-0.3, -0.25) is 4.99 Å². The third-order valence-corrected chi connectivity index (χ3v) is 2.75. The summed E-state index contributed by atoms with van der Waals surface area (Å²) >= 11 is 0. The minimum atomic E-state index is -0.223. The molecule has 2 aromatic rings. The smallest absolute Gasteiger partial charge is 0.188 e. The standard InChI is InChI=1S/C13H17FN4/c1-2-16-13(15)17-6-5-9-8-18-12-4-3-10(14)7-11(9)12/h3-4,7-8,18H,2,5-6H2,1H3,(H3,15,16,17). The largest absolute Gasteiger partial charge is 0.370 e. The number of nitrogens with one attached hydrogen (secondary N) is 2. The third-order valence-electron chi connectivity index (χ3n) is 2.75. The van der Waals surface area contributed by atoms with Gasteiger partial charge in [-0.2, -0.15) is 0 Å². The Kier molecular flexibility index (Phi) is 3.82. The second kappa shape index (κ2) is 5.53. The molecule has 0 aliphatic heterocycles. The molecule has 0 amide bonds. The zero-order chi connectivity index (χ0) is 13.0. The summed E-state index contributed by atoms with van der Waals surface area (Å²) in [6, 6.07) is 4.73. The Hall–Kier alpha value is -2.04. The number of fused-ring (bicyclic) bond motifs is 1. The van der Waals surface area contributed by atoms with Crippen LogP contribution in [0.5, 0.6) is 0 Å². The van der Waals surface area contributed by atoms with Gasteiger partial charge in [0.2, 0.25) is 0 Å². The van der Waals surface area contributed by atoms with Crippen LogP contribution in [0.1, 0.15) is 12.5 Å². The number of H-pyrrole nitrogens is 1. The molecule has 5 heteroatoms. The van der Waals surface area contributed by atoms with Crippen molar-refractivity contribution in [2.24, 2.45) is 10.7 Å². The van der Waals surface area contributed by atoms with Crippen molar-refractivity contribution < 1.29 is 4.39 Å². The quantitative estimate of drug-likeness (QED) is 0.570. The molecule has 4 nitrogen and oxygen atoms in total. The Bertz CT molecular complexity index is 559. The summed E-state index contributed by atoms with van der Waals surface area (Å²) in [4.78, 5) is 7.31. The summed E-state index contributed by atoms with van der Waals surface area (Å²) in [5.41, 5.74) is 7.62. The van der Waals surface area contributed by atoms with Crippen LogP contribution < -0.4 is 11.1 Å². The van der Waals surface area contributed by atoms with E-state index in [4.69, 9.17) is 5.73 Å². The topological polar surface area (TPSA) is 66.2 Å². The van der Waals surface area contributed by atoms with Crippen LogP contribution >= 0.6 is 0 Å². The van der Waals surface area contributed by atoms with Crippen LogP contribution in [0, 0.1) is 5.82 Å². The van der Waals surface area contributed by atoms with Crippen LogP contribution in [0.15, 0.2) is 29.4 Å². The number of hydrogen-bond acceptors (Lipinski definition) is 1. The molecule has 2 rings (SSSR count). The molecule has 0 aliphatic rings. The molecule has 0 radical (unpaired) electrons. The van der Waals surface area contributed by atoms with E-state index in [0.29, 0.717) is 12.5 Å². The second-order valence-electron chi connectivity index (χ2n) is 4.05. The predicted molar refractivity (Wildman–Crippen MR) is 72.1 cm³/mol. The molecule has 0 spiro atoms. The molecule has 1 aromatic carbocycles. The van der Waals surface area contributed by atoms with Crippen molar-refractivity contribution in [2.75, 3.05) is 13.1 Å². The molecular formula is C13H17FN4. The number of aromatic amines is 1. The van der Waals surface area contributed by atoms with Crippen molar-refractivity contribution in [3.8, 4) is 0 Å². The fourth-order valence-electron chi connectivity index (χ4n) is 1.89. The Labute approximate surface area is 105 Å². The first-order valence-electron chi connectivity index (χ1n) is 6.00. The van der Waals surface area contributed by atoms with Crippen LogP contribution in [0.4, 0.5) is 4.39 Å². The molecule has 0 bridgehead atoms. The van der Waals surface area contributed by atoms with E-state index in [0.717, 1.165) is 29.4 Å². The van der Waals surface area contributed by atoms with Gasteiger partial charge in [0.15, 0.2) is 5.96 Å². The van der Waals surface area contributed by atoms with E-state index in [9.17, 15) is 4.39 Å². The third kappa shape index (κ3) is 2.80. The maximum atomic E-state index is 13.2. The van der Waals surface area contributed by atoms with Gasteiger partial charge in [0.1, 0.15) is 5.82 Å². The molecular weight excluding hydrogens is 231 g/mol. The Morgan fingerprint density at radius 3 is 3.11 bits per heavy atom. The van der Waals surface area contributed by atoms with Crippen LogP contribution in [-0.2, 0) is 6.42 Å². The van der Waals surface area contributed by atoms with Gasteiger partial charge in [0.25, 0.3) is 0 Å². The van der Waals surface area contributed by atoms with Crippen LogP contribution in [-0.4, -0.2) is 24.0 Å². The molecule has 0 saturated heterocycles. The SMILES string of the molecule is CCNC(N)=NCCc1c[nH]c2ccc(F)cc12. The first-order chi connectivity index (χ1) is 8.70. The Morgan fingerprint density at radius 2 is 2.33 bits per heavy atom. The number of nitrogens with two attached hydrogens (primary N) is 1. The van der Waals surface area contributed by atoms with Crippen molar-refractivity contribution >= 4 is 16.9 Å². The van der Waals surface area contributed by atoms with E-state index >= 15 is 0 Å². The Morgan fingerprint density at radius 1 is 1.50 bits per heavy atom. The van der Waals surface area contributed by atoms with Crippen molar-refractivity contribution in [3.05, 3.63) is 35.8 Å². The lowest BCUT2D eigenvalue weighted by Gasteiger charge is -2.01. The van der Waals surface area contributed by atoms with Crippen molar-refractivity contribution in [1.29, 1.82) is 0 Å². The highest BCUT2D eigenvalue weighted by Crippen LogP contribution is 2.19. The summed E-state index contributed by atoms with van der Waals surface area (Å²) in [5, 5.41) is 3.84. The minimum Gasteiger partial charge on any atom is -0.370 e. The molecule has 96 valence electrons. The van der Waals surface area contributed by atoms with Gasteiger partial charge < -0.3 is 16.0 Å². The van der Waals surface area contributed by atoms with E-state index in [1.54, 1.807) is 12.1 Å². The fourth-order valence-corrected chi connectivity index (χ4v) is 1.89. The first kappa shape index (κ1) is 12.4. The predicted octanol–water partition coefficient (Wildman–Crippen LogP) is 1.77. The molecule has 1 heterocycles. The van der Waals surface area contributed by atoms with Gasteiger partial charge in [-0.1, -0.05) is 0 Å². The summed E-state index contributed by atoms with van der Waals surface area (Å²) in [6.45, 7) is 3.31. The van der Waals surface area contributed by atoms with E-state index in [1.807, 2.05) is 13.1 Å². The van der Waals surface area contributed by atoms with Gasteiger partial charge in [-0.05, 0) is 37.1 Å². The molecule has 4 N–H and O–H groups in total. The molecule has 18 heavy (non-hydrogen) atoms. The van der Waals surface area contributed by atoms with Crippen molar-refractivity contribution in [2.45, 2.75) is 13.3 Å². The highest BCUT2D eigenvalue weighted by molar-refractivity contribution is 5.83. The van der Waals surface area contributed by atoms with Gasteiger partial charge >= 0.3 is 0 Å². The summed E-state index contributed by atoms with van der Waals surface area (Å²) in [6.07, 6.45) is 2.62. The second-order valence-corrected chi connectivity index (χ2v) is 4.05.